The zero-order valence-electron chi connectivity index (χ0n) is 8.54. The van der Waals surface area contributed by atoms with Crippen molar-refractivity contribution in [1.29, 1.82) is 0 Å². The van der Waals surface area contributed by atoms with Gasteiger partial charge >= 0.3 is 0 Å². The lowest BCUT2D eigenvalue weighted by Gasteiger charge is -2.27. The lowest BCUT2D eigenvalue weighted by atomic mass is 9.76. The largest absolute Gasteiger partial charge is 0.392 e. The highest BCUT2D eigenvalue weighted by Gasteiger charge is 2.39. The van der Waals surface area contributed by atoms with Crippen LogP contribution in [-0.2, 0) is 9.59 Å². The zero-order valence-corrected chi connectivity index (χ0v) is 8.54. The Morgan fingerprint density at radius 1 is 1.62 bits per heavy atom. The summed E-state index contributed by atoms with van der Waals surface area (Å²) in [6.07, 6.45) is 1.84. The molecule has 0 aromatic carbocycles. The number of hydrogen-bond donors (Lipinski definition) is 1. The third-order valence-electron chi connectivity index (χ3n) is 2.56. The predicted molar refractivity (Wildman–Crippen MR) is 50.4 cm³/mol. The minimum atomic E-state index is -1.17. The molecule has 0 aliphatic carbocycles. The number of unbranched alkanes of at least 4 members (excludes halogenated alkanes) is 1. The standard InChI is InChI=1S/C10H18O3/c1-4-5-6-10(7-11,8(2)12)9(3)13/h7-8,12H,4-6H2,1-3H3. The number of ketones is 1. The Morgan fingerprint density at radius 3 is 2.38 bits per heavy atom. The Labute approximate surface area is 79.1 Å². The number of carbonyl (C=O) groups is 2. The quantitative estimate of drug-likeness (QED) is 0.503. The van der Waals surface area contributed by atoms with Crippen molar-refractivity contribution >= 4 is 12.1 Å². The van der Waals surface area contributed by atoms with E-state index in [-0.39, 0.29) is 5.78 Å². The molecule has 0 saturated carbocycles. The van der Waals surface area contributed by atoms with Gasteiger partial charge in [-0.15, -0.1) is 0 Å². The Morgan fingerprint density at radius 2 is 2.15 bits per heavy atom. The van der Waals surface area contributed by atoms with Gasteiger partial charge in [-0.1, -0.05) is 19.8 Å². The molecular formula is C10H18O3. The molecule has 0 fully saturated rings. The van der Waals surface area contributed by atoms with Gasteiger partial charge in [0, 0.05) is 0 Å². The van der Waals surface area contributed by atoms with Crippen LogP contribution in [0.3, 0.4) is 0 Å². The molecule has 3 heteroatoms. The number of hydrogen-bond acceptors (Lipinski definition) is 3. The van der Waals surface area contributed by atoms with Gasteiger partial charge < -0.3 is 9.90 Å². The molecular weight excluding hydrogens is 168 g/mol. The van der Waals surface area contributed by atoms with Crippen molar-refractivity contribution in [2.45, 2.75) is 46.1 Å². The van der Waals surface area contributed by atoms with Crippen molar-refractivity contribution < 1.29 is 14.7 Å². The van der Waals surface area contributed by atoms with Gasteiger partial charge in [-0.25, -0.2) is 0 Å². The Bertz CT molecular complexity index is 187. The van der Waals surface area contributed by atoms with Gasteiger partial charge in [0.15, 0.2) is 0 Å². The molecule has 76 valence electrons. The number of Topliss-reactive ketones (excluding diaryl/α,β-unsaturated/α-hetero) is 1. The van der Waals surface area contributed by atoms with Crippen LogP contribution in [0.2, 0.25) is 0 Å². The molecule has 3 nitrogen and oxygen atoms in total. The maximum absolute atomic E-state index is 11.3. The third kappa shape index (κ3) is 2.62. The van der Waals surface area contributed by atoms with Crippen LogP contribution in [-0.4, -0.2) is 23.3 Å². The van der Waals surface area contributed by atoms with Crippen LogP contribution in [0.25, 0.3) is 0 Å². The first-order chi connectivity index (χ1) is 6.01. The Balaban J connectivity index is 4.65. The van der Waals surface area contributed by atoms with Crippen LogP contribution < -0.4 is 0 Å². The summed E-state index contributed by atoms with van der Waals surface area (Å²) < 4.78 is 0. The first kappa shape index (κ1) is 12.3. The second kappa shape index (κ2) is 5.12. The molecule has 0 aliphatic heterocycles. The molecule has 0 bridgehead atoms. The molecule has 0 aromatic rings. The van der Waals surface area contributed by atoms with Crippen LogP contribution in [0.5, 0.6) is 0 Å². The van der Waals surface area contributed by atoms with Gasteiger partial charge in [0.2, 0.25) is 0 Å². The summed E-state index contributed by atoms with van der Waals surface area (Å²) >= 11 is 0. The molecule has 2 unspecified atom stereocenters. The number of carbonyl (C=O) groups excluding carboxylic acids is 2. The van der Waals surface area contributed by atoms with E-state index in [0.717, 1.165) is 12.8 Å². The number of aliphatic hydroxyl groups is 1. The monoisotopic (exact) mass is 186 g/mol. The highest BCUT2D eigenvalue weighted by atomic mass is 16.3. The molecule has 0 aromatic heterocycles. The van der Waals surface area contributed by atoms with E-state index >= 15 is 0 Å². The molecule has 0 spiro atoms. The van der Waals surface area contributed by atoms with E-state index in [9.17, 15) is 14.7 Å². The molecule has 0 radical (unpaired) electrons. The van der Waals surface area contributed by atoms with Crippen molar-refractivity contribution in [3.63, 3.8) is 0 Å². The van der Waals surface area contributed by atoms with E-state index in [4.69, 9.17) is 0 Å². The molecule has 0 saturated heterocycles. The van der Waals surface area contributed by atoms with Crippen molar-refractivity contribution in [3.05, 3.63) is 0 Å². The third-order valence-corrected chi connectivity index (χ3v) is 2.56. The van der Waals surface area contributed by atoms with Gasteiger partial charge in [-0.2, -0.15) is 0 Å². The summed E-state index contributed by atoms with van der Waals surface area (Å²) in [5, 5.41) is 9.41. The van der Waals surface area contributed by atoms with Gasteiger partial charge in [-0.3, -0.25) is 4.79 Å². The predicted octanol–water partition coefficient (Wildman–Crippen LogP) is 1.33. The van der Waals surface area contributed by atoms with Crippen LogP contribution in [0, 0.1) is 5.41 Å². The molecule has 0 amide bonds. The summed E-state index contributed by atoms with van der Waals surface area (Å²) in [7, 11) is 0. The summed E-state index contributed by atoms with van der Waals surface area (Å²) in [4.78, 5) is 22.1. The Hall–Kier alpha value is -0.700. The SMILES string of the molecule is CCCCC(C=O)(C(C)=O)C(C)O. The van der Waals surface area contributed by atoms with Crippen LogP contribution >= 0.6 is 0 Å². The topological polar surface area (TPSA) is 54.4 Å². The summed E-state index contributed by atoms with van der Waals surface area (Å²) in [6, 6.07) is 0. The molecule has 13 heavy (non-hydrogen) atoms. The van der Waals surface area contributed by atoms with Gasteiger partial charge in [0.25, 0.3) is 0 Å². The Kier molecular flexibility index (Phi) is 4.85. The van der Waals surface area contributed by atoms with Crippen molar-refractivity contribution in [2.75, 3.05) is 0 Å². The van der Waals surface area contributed by atoms with Gasteiger partial charge in [0.05, 0.1) is 6.10 Å². The van der Waals surface area contributed by atoms with Crippen molar-refractivity contribution in [1.82, 2.24) is 0 Å². The van der Waals surface area contributed by atoms with E-state index in [0.29, 0.717) is 12.7 Å². The fourth-order valence-electron chi connectivity index (χ4n) is 1.39. The smallest absolute Gasteiger partial charge is 0.145 e. The lowest BCUT2D eigenvalue weighted by Crippen LogP contribution is -2.41. The van der Waals surface area contributed by atoms with E-state index < -0.39 is 11.5 Å². The van der Waals surface area contributed by atoms with Crippen molar-refractivity contribution in [3.8, 4) is 0 Å². The van der Waals surface area contributed by atoms with Crippen LogP contribution in [0.4, 0.5) is 0 Å². The zero-order chi connectivity index (χ0) is 10.5. The summed E-state index contributed by atoms with van der Waals surface area (Å²) in [5.74, 6) is -0.244. The first-order valence-corrected chi connectivity index (χ1v) is 4.66. The van der Waals surface area contributed by atoms with Gasteiger partial charge in [0.1, 0.15) is 17.5 Å². The minimum Gasteiger partial charge on any atom is -0.392 e. The van der Waals surface area contributed by atoms with E-state index in [1.54, 1.807) is 0 Å². The van der Waals surface area contributed by atoms with Crippen LogP contribution in [0.1, 0.15) is 40.0 Å². The molecule has 2 atom stereocenters. The summed E-state index contributed by atoms with van der Waals surface area (Å²) in [6.45, 7) is 4.83. The van der Waals surface area contributed by atoms with Crippen molar-refractivity contribution in [2.24, 2.45) is 5.41 Å². The average molecular weight is 186 g/mol. The fraction of sp³-hybridized carbons (Fsp3) is 0.800. The first-order valence-electron chi connectivity index (χ1n) is 4.66. The van der Waals surface area contributed by atoms with Crippen LogP contribution in [0.15, 0.2) is 0 Å². The maximum atomic E-state index is 11.3. The molecule has 0 aliphatic rings. The molecule has 0 heterocycles. The second-order valence-electron chi connectivity index (χ2n) is 3.49. The maximum Gasteiger partial charge on any atom is 0.145 e. The summed E-state index contributed by atoms with van der Waals surface area (Å²) in [5.41, 5.74) is -1.17. The number of aliphatic hydroxyl groups excluding tert-OH is 1. The number of aldehydes is 1. The molecule has 1 N–H and O–H groups in total. The van der Waals surface area contributed by atoms with E-state index in [1.807, 2.05) is 6.92 Å². The number of rotatable bonds is 6. The second-order valence-corrected chi connectivity index (χ2v) is 3.49. The highest BCUT2D eigenvalue weighted by molar-refractivity contribution is 5.97. The minimum absolute atomic E-state index is 0.244. The van der Waals surface area contributed by atoms with E-state index in [1.165, 1.54) is 13.8 Å². The average Bonchev–Trinajstić information content (AvgIpc) is 2.05. The lowest BCUT2D eigenvalue weighted by molar-refractivity contribution is -0.140. The fourth-order valence-corrected chi connectivity index (χ4v) is 1.39. The highest BCUT2D eigenvalue weighted by Crippen LogP contribution is 2.27. The van der Waals surface area contributed by atoms with E-state index in [2.05, 4.69) is 0 Å². The van der Waals surface area contributed by atoms with Gasteiger partial charge in [-0.05, 0) is 20.3 Å². The normalized spacial score (nSPS) is 17.5. The molecule has 0 rings (SSSR count).